The van der Waals surface area contributed by atoms with Gasteiger partial charge in [0.15, 0.2) is 0 Å². The van der Waals surface area contributed by atoms with Crippen LogP contribution in [0.4, 0.5) is 15.8 Å². The average Bonchev–Trinajstić information content (AvgIpc) is 2.09. The van der Waals surface area contributed by atoms with Gasteiger partial charge in [-0.2, -0.15) is 0 Å². The Hall–Kier alpha value is -1.29. The van der Waals surface area contributed by atoms with Gasteiger partial charge in [-0.25, -0.2) is 4.39 Å². The first-order chi connectivity index (χ1) is 6.24. The van der Waals surface area contributed by atoms with Crippen molar-refractivity contribution < 1.29 is 4.39 Å². The van der Waals surface area contributed by atoms with Crippen LogP contribution in [0.5, 0.6) is 0 Å². The summed E-state index contributed by atoms with van der Waals surface area (Å²) in [6.07, 6.45) is 0. The number of nitrogens with two attached hydrogens (primary N) is 1. The molecule has 0 atom stereocenters. The zero-order valence-corrected chi connectivity index (χ0v) is 7.60. The molecule has 0 aliphatic rings. The van der Waals surface area contributed by atoms with E-state index in [4.69, 9.17) is 5.73 Å². The average molecular weight is 183 g/mol. The molecular formula is C9H14FN3. The van der Waals surface area contributed by atoms with E-state index in [0.29, 0.717) is 17.9 Å². The number of rotatable bonds is 4. The molecule has 3 nitrogen and oxygen atoms in total. The monoisotopic (exact) mass is 183 g/mol. The molecule has 72 valence electrons. The molecule has 0 heterocycles. The van der Waals surface area contributed by atoms with E-state index >= 15 is 0 Å². The second-order valence-corrected chi connectivity index (χ2v) is 2.77. The van der Waals surface area contributed by atoms with Crippen LogP contribution in [0.15, 0.2) is 18.2 Å². The van der Waals surface area contributed by atoms with Crippen molar-refractivity contribution in [2.75, 3.05) is 31.2 Å². The molecule has 4 heteroatoms. The van der Waals surface area contributed by atoms with Crippen LogP contribution in [0.2, 0.25) is 0 Å². The molecule has 0 saturated carbocycles. The third-order valence-electron chi connectivity index (χ3n) is 1.68. The molecule has 1 aromatic rings. The van der Waals surface area contributed by atoms with Gasteiger partial charge < -0.3 is 16.4 Å². The Kier molecular flexibility index (Phi) is 3.52. The van der Waals surface area contributed by atoms with Crippen molar-refractivity contribution in [3.05, 3.63) is 24.0 Å². The summed E-state index contributed by atoms with van der Waals surface area (Å²) in [7, 11) is 1.85. The Bertz CT molecular complexity index is 276. The second-order valence-electron chi connectivity index (χ2n) is 2.77. The van der Waals surface area contributed by atoms with Crippen LogP contribution in [-0.4, -0.2) is 20.1 Å². The first-order valence-corrected chi connectivity index (χ1v) is 4.17. The molecule has 0 amide bonds. The third kappa shape index (κ3) is 2.91. The summed E-state index contributed by atoms with van der Waals surface area (Å²) in [6.45, 7) is 1.49. The first-order valence-electron chi connectivity index (χ1n) is 4.17. The van der Waals surface area contributed by atoms with E-state index in [9.17, 15) is 4.39 Å². The number of nitrogens with one attached hydrogen (secondary N) is 2. The largest absolute Gasteiger partial charge is 0.399 e. The topological polar surface area (TPSA) is 50.1 Å². The fourth-order valence-corrected chi connectivity index (χ4v) is 0.997. The summed E-state index contributed by atoms with van der Waals surface area (Å²) >= 11 is 0. The summed E-state index contributed by atoms with van der Waals surface area (Å²) in [5.41, 5.74) is 6.33. The van der Waals surface area contributed by atoms with Gasteiger partial charge in [0.2, 0.25) is 0 Å². The van der Waals surface area contributed by atoms with Crippen molar-refractivity contribution in [3.8, 4) is 0 Å². The Morgan fingerprint density at radius 3 is 2.77 bits per heavy atom. The molecule has 0 bridgehead atoms. The highest BCUT2D eigenvalue weighted by Crippen LogP contribution is 2.16. The fraction of sp³-hybridized carbons (Fsp3) is 0.333. The van der Waals surface area contributed by atoms with Gasteiger partial charge in [0.05, 0.1) is 5.69 Å². The van der Waals surface area contributed by atoms with E-state index in [-0.39, 0.29) is 5.82 Å². The van der Waals surface area contributed by atoms with Crippen LogP contribution in [0.1, 0.15) is 0 Å². The maximum Gasteiger partial charge on any atom is 0.148 e. The zero-order chi connectivity index (χ0) is 9.68. The van der Waals surface area contributed by atoms with Crippen molar-refractivity contribution >= 4 is 11.4 Å². The zero-order valence-electron chi connectivity index (χ0n) is 7.60. The van der Waals surface area contributed by atoms with Crippen LogP contribution in [-0.2, 0) is 0 Å². The standard InChI is InChI=1S/C9H14FN3/c1-12-4-5-13-9-3-2-7(11)6-8(9)10/h2-3,6,12-13H,4-5,11H2,1H3. The predicted octanol–water partition coefficient (Wildman–Crippen LogP) is 1.04. The van der Waals surface area contributed by atoms with Crippen molar-refractivity contribution in [1.82, 2.24) is 5.32 Å². The summed E-state index contributed by atoms with van der Waals surface area (Å²) in [6, 6.07) is 4.62. The molecule has 0 radical (unpaired) electrons. The van der Waals surface area contributed by atoms with Gasteiger partial charge in [0, 0.05) is 18.8 Å². The number of halogens is 1. The van der Waals surface area contributed by atoms with Crippen molar-refractivity contribution in [2.24, 2.45) is 0 Å². The maximum atomic E-state index is 13.1. The van der Waals surface area contributed by atoms with Gasteiger partial charge in [-0.3, -0.25) is 0 Å². The fourth-order valence-electron chi connectivity index (χ4n) is 0.997. The van der Waals surface area contributed by atoms with E-state index < -0.39 is 0 Å². The van der Waals surface area contributed by atoms with Gasteiger partial charge in [-0.05, 0) is 25.2 Å². The smallest absolute Gasteiger partial charge is 0.148 e. The normalized spacial score (nSPS) is 10.0. The van der Waals surface area contributed by atoms with Crippen LogP contribution >= 0.6 is 0 Å². The van der Waals surface area contributed by atoms with Crippen LogP contribution in [0, 0.1) is 5.82 Å². The molecule has 1 rings (SSSR count). The van der Waals surface area contributed by atoms with E-state index in [1.807, 2.05) is 7.05 Å². The number of hydrogen-bond acceptors (Lipinski definition) is 3. The highest BCUT2D eigenvalue weighted by Gasteiger charge is 2.00. The number of nitrogen functional groups attached to an aromatic ring is 1. The molecule has 13 heavy (non-hydrogen) atoms. The molecule has 0 spiro atoms. The molecule has 4 N–H and O–H groups in total. The quantitative estimate of drug-likeness (QED) is 0.483. The molecule has 0 aliphatic carbocycles. The van der Waals surface area contributed by atoms with Gasteiger partial charge in [-0.1, -0.05) is 0 Å². The number of hydrogen-bond donors (Lipinski definition) is 3. The summed E-state index contributed by atoms with van der Waals surface area (Å²) < 4.78 is 13.1. The number of anilines is 2. The van der Waals surface area contributed by atoms with Gasteiger partial charge in [0.1, 0.15) is 5.82 Å². The van der Waals surface area contributed by atoms with Crippen LogP contribution in [0.25, 0.3) is 0 Å². The minimum Gasteiger partial charge on any atom is -0.399 e. The summed E-state index contributed by atoms with van der Waals surface area (Å²) in [5.74, 6) is -0.309. The third-order valence-corrected chi connectivity index (χ3v) is 1.68. The first kappa shape index (κ1) is 9.80. The number of benzene rings is 1. The van der Waals surface area contributed by atoms with Crippen LogP contribution in [0.3, 0.4) is 0 Å². The molecule has 1 aromatic carbocycles. The Balaban J connectivity index is 2.56. The summed E-state index contributed by atoms with van der Waals surface area (Å²) in [5, 5.41) is 5.91. The molecule has 0 fully saturated rings. The minimum atomic E-state index is -0.309. The highest BCUT2D eigenvalue weighted by molar-refractivity contribution is 5.52. The Morgan fingerprint density at radius 2 is 2.15 bits per heavy atom. The molecular weight excluding hydrogens is 169 g/mol. The second kappa shape index (κ2) is 4.67. The van der Waals surface area contributed by atoms with Crippen molar-refractivity contribution in [3.63, 3.8) is 0 Å². The molecule has 0 aliphatic heterocycles. The predicted molar refractivity (Wildman–Crippen MR) is 53.2 cm³/mol. The van der Waals surface area contributed by atoms with E-state index in [1.165, 1.54) is 6.07 Å². The summed E-state index contributed by atoms with van der Waals surface area (Å²) in [4.78, 5) is 0. The lowest BCUT2D eigenvalue weighted by molar-refractivity contribution is 0.630. The van der Waals surface area contributed by atoms with Gasteiger partial charge in [0.25, 0.3) is 0 Å². The molecule has 0 aromatic heterocycles. The lowest BCUT2D eigenvalue weighted by Gasteiger charge is -2.07. The van der Waals surface area contributed by atoms with E-state index in [0.717, 1.165) is 6.54 Å². The lowest BCUT2D eigenvalue weighted by atomic mass is 10.2. The van der Waals surface area contributed by atoms with E-state index in [2.05, 4.69) is 10.6 Å². The van der Waals surface area contributed by atoms with Gasteiger partial charge >= 0.3 is 0 Å². The molecule has 0 unspecified atom stereocenters. The van der Waals surface area contributed by atoms with Gasteiger partial charge in [-0.15, -0.1) is 0 Å². The number of likely N-dealkylation sites (N-methyl/N-ethyl adjacent to an activating group) is 1. The highest BCUT2D eigenvalue weighted by atomic mass is 19.1. The minimum absolute atomic E-state index is 0.309. The van der Waals surface area contributed by atoms with E-state index in [1.54, 1.807) is 12.1 Å². The Morgan fingerprint density at radius 1 is 1.38 bits per heavy atom. The maximum absolute atomic E-state index is 13.1. The Labute approximate surface area is 77.1 Å². The lowest BCUT2D eigenvalue weighted by Crippen LogP contribution is -2.18. The van der Waals surface area contributed by atoms with Crippen molar-refractivity contribution in [2.45, 2.75) is 0 Å². The SMILES string of the molecule is CNCCNc1ccc(N)cc1F. The molecule has 0 saturated heterocycles. The van der Waals surface area contributed by atoms with Crippen molar-refractivity contribution in [1.29, 1.82) is 0 Å². The van der Waals surface area contributed by atoms with Crippen LogP contribution < -0.4 is 16.4 Å².